The van der Waals surface area contributed by atoms with Gasteiger partial charge in [0.15, 0.2) is 16.1 Å². The molecular weight excluding hydrogens is 342 g/mol. The van der Waals surface area contributed by atoms with E-state index < -0.39 is 0 Å². The Balaban J connectivity index is 1.52. The molecule has 1 aliphatic rings. The molecule has 0 atom stereocenters. The van der Waals surface area contributed by atoms with Gasteiger partial charge in [-0.05, 0) is 32.8 Å². The third-order valence-corrected chi connectivity index (χ3v) is 5.87. The third-order valence-electron chi connectivity index (χ3n) is 4.15. The molecule has 6 nitrogen and oxygen atoms in total. The second-order valence-corrected chi connectivity index (χ2v) is 7.71. The number of nitrogens with zero attached hydrogens (tertiary/aromatic N) is 5. The minimum Gasteiger partial charge on any atom is -0.306 e. The molecule has 0 amide bonds. The first-order valence-corrected chi connectivity index (χ1v) is 9.66. The first-order chi connectivity index (χ1) is 11.6. The van der Waals surface area contributed by atoms with Gasteiger partial charge in [0.25, 0.3) is 0 Å². The Morgan fingerprint density at radius 2 is 2.25 bits per heavy atom. The van der Waals surface area contributed by atoms with Crippen LogP contribution in [-0.2, 0) is 0 Å². The van der Waals surface area contributed by atoms with Crippen molar-refractivity contribution < 1.29 is 4.79 Å². The molecule has 0 unspecified atom stereocenters. The molecule has 3 aromatic heterocycles. The Morgan fingerprint density at radius 3 is 2.96 bits per heavy atom. The number of Topliss-reactive ketones (excluding diaryl/α,β-unsaturated/α-hetero) is 1. The number of hydrogen-bond acceptors (Lipinski definition) is 6. The van der Waals surface area contributed by atoms with Crippen LogP contribution in [0.4, 0.5) is 0 Å². The summed E-state index contributed by atoms with van der Waals surface area (Å²) in [6, 6.07) is 2.47. The summed E-state index contributed by atoms with van der Waals surface area (Å²) >= 11 is 3.03. The van der Waals surface area contributed by atoms with Gasteiger partial charge < -0.3 is 4.57 Å². The van der Waals surface area contributed by atoms with E-state index in [0.29, 0.717) is 11.8 Å². The van der Waals surface area contributed by atoms with Gasteiger partial charge in [-0.3, -0.25) is 9.36 Å². The van der Waals surface area contributed by atoms with Crippen LogP contribution in [0.1, 0.15) is 40.6 Å². The van der Waals surface area contributed by atoms with Crippen molar-refractivity contribution in [3.63, 3.8) is 0 Å². The Kier molecular flexibility index (Phi) is 4.01. The van der Waals surface area contributed by atoms with E-state index in [1.807, 2.05) is 29.9 Å². The molecule has 0 saturated heterocycles. The van der Waals surface area contributed by atoms with Gasteiger partial charge in [-0.15, -0.1) is 21.5 Å². The second kappa shape index (κ2) is 6.18. The third kappa shape index (κ3) is 2.80. The Hall–Kier alpha value is -1.93. The van der Waals surface area contributed by atoms with Crippen molar-refractivity contribution in [1.82, 2.24) is 24.3 Å². The van der Waals surface area contributed by atoms with Gasteiger partial charge in [0.1, 0.15) is 6.33 Å². The van der Waals surface area contributed by atoms with Crippen LogP contribution in [0.25, 0.3) is 5.13 Å². The number of carbonyl (C=O) groups is 1. The molecule has 4 rings (SSSR count). The van der Waals surface area contributed by atoms with Crippen molar-refractivity contribution in [3.05, 3.63) is 40.9 Å². The van der Waals surface area contributed by atoms with E-state index in [4.69, 9.17) is 0 Å². The molecule has 0 spiro atoms. The van der Waals surface area contributed by atoms with E-state index in [0.717, 1.165) is 27.2 Å². The zero-order valence-electron chi connectivity index (χ0n) is 13.5. The molecule has 0 radical (unpaired) electrons. The maximum Gasteiger partial charge on any atom is 0.193 e. The molecule has 0 aromatic carbocycles. The monoisotopic (exact) mass is 359 g/mol. The van der Waals surface area contributed by atoms with E-state index in [-0.39, 0.29) is 5.78 Å². The molecule has 1 fully saturated rings. The quantitative estimate of drug-likeness (QED) is 0.498. The van der Waals surface area contributed by atoms with Crippen molar-refractivity contribution >= 4 is 28.9 Å². The standard InChI is InChI=1S/C16H17N5OS2/c1-10-7-13(11(2)21(10)15-17-5-6-23-15)14(22)8-24-16-19-18-9-20(16)12-3-4-12/h5-7,9,12H,3-4,8H2,1-2H3. The zero-order chi connectivity index (χ0) is 16.7. The number of thiazole rings is 1. The predicted octanol–water partition coefficient (Wildman–Crippen LogP) is 3.45. The zero-order valence-corrected chi connectivity index (χ0v) is 15.1. The first kappa shape index (κ1) is 15.6. The van der Waals surface area contributed by atoms with Crippen molar-refractivity contribution in [3.8, 4) is 5.13 Å². The van der Waals surface area contributed by atoms with Crippen molar-refractivity contribution in [2.24, 2.45) is 0 Å². The smallest absolute Gasteiger partial charge is 0.193 e. The summed E-state index contributed by atoms with van der Waals surface area (Å²) in [7, 11) is 0. The Labute approximate surface area is 147 Å². The van der Waals surface area contributed by atoms with E-state index >= 15 is 0 Å². The maximum absolute atomic E-state index is 12.7. The molecule has 3 aromatic rings. The Bertz CT molecular complexity index is 877. The second-order valence-electron chi connectivity index (χ2n) is 5.90. The van der Waals surface area contributed by atoms with Gasteiger partial charge in [-0.1, -0.05) is 11.8 Å². The summed E-state index contributed by atoms with van der Waals surface area (Å²) < 4.78 is 4.12. The molecule has 0 bridgehead atoms. The van der Waals surface area contributed by atoms with Gasteiger partial charge in [0, 0.05) is 34.6 Å². The lowest BCUT2D eigenvalue weighted by atomic mass is 10.2. The average Bonchev–Trinajstić information content (AvgIpc) is 2.98. The number of aromatic nitrogens is 5. The van der Waals surface area contributed by atoms with Gasteiger partial charge >= 0.3 is 0 Å². The summed E-state index contributed by atoms with van der Waals surface area (Å²) in [5.41, 5.74) is 2.72. The highest BCUT2D eigenvalue weighted by Gasteiger charge is 2.27. The topological polar surface area (TPSA) is 65.6 Å². The molecule has 24 heavy (non-hydrogen) atoms. The van der Waals surface area contributed by atoms with Crippen LogP contribution in [-0.4, -0.2) is 35.9 Å². The summed E-state index contributed by atoms with van der Waals surface area (Å²) in [5, 5.41) is 11.8. The molecular formula is C16H17N5OS2. The largest absolute Gasteiger partial charge is 0.306 e. The van der Waals surface area contributed by atoms with Gasteiger partial charge in [0.05, 0.1) is 5.75 Å². The molecule has 0 aliphatic heterocycles. The van der Waals surface area contributed by atoms with Gasteiger partial charge in [0.2, 0.25) is 0 Å². The highest BCUT2D eigenvalue weighted by molar-refractivity contribution is 7.99. The molecule has 8 heteroatoms. The summed E-state index contributed by atoms with van der Waals surface area (Å²) in [6.07, 6.45) is 5.89. The SMILES string of the molecule is Cc1cc(C(=O)CSc2nncn2C2CC2)c(C)n1-c1nccs1. The van der Waals surface area contributed by atoms with Crippen LogP contribution in [0, 0.1) is 13.8 Å². The summed E-state index contributed by atoms with van der Waals surface area (Å²) in [5.74, 6) is 0.481. The van der Waals surface area contributed by atoms with Gasteiger partial charge in [-0.25, -0.2) is 4.98 Å². The highest BCUT2D eigenvalue weighted by atomic mass is 32.2. The lowest BCUT2D eigenvalue weighted by Gasteiger charge is -2.06. The molecule has 1 saturated carbocycles. The van der Waals surface area contributed by atoms with Crippen LogP contribution in [0.2, 0.25) is 0 Å². The Morgan fingerprint density at radius 1 is 1.42 bits per heavy atom. The molecule has 1 aliphatic carbocycles. The van der Waals surface area contributed by atoms with Crippen molar-refractivity contribution in [1.29, 1.82) is 0 Å². The van der Waals surface area contributed by atoms with E-state index in [9.17, 15) is 4.79 Å². The number of thioether (sulfide) groups is 1. The fourth-order valence-electron chi connectivity index (χ4n) is 2.81. The van der Waals surface area contributed by atoms with Crippen LogP contribution >= 0.6 is 23.1 Å². The minimum atomic E-state index is 0.112. The average molecular weight is 359 g/mol. The maximum atomic E-state index is 12.7. The number of rotatable bonds is 6. The van der Waals surface area contributed by atoms with Crippen LogP contribution in [0.5, 0.6) is 0 Å². The molecule has 124 valence electrons. The lowest BCUT2D eigenvalue weighted by molar-refractivity contribution is 0.102. The van der Waals surface area contributed by atoms with E-state index in [1.165, 1.54) is 24.6 Å². The summed E-state index contributed by atoms with van der Waals surface area (Å²) in [6.45, 7) is 3.97. The van der Waals surface area contributed by atoms with Crippen molar-refractivity contribution in [2.75, 3.05) is 5.75 Å². The number of hydrogen-bond donors (Lipinski definition) is 0. The number of ketones is 1. The van der Waals surface area contributed by atoms with Crippen molar-refractivity contribution in [2.45, 2.75) is 37.9 Å². The normalized spacial score (nSPS) is 14.2. The fourth-order valence-corrected chi connectivity index (χ4v) is 4.43. The minimum absolute atomic E-state index is 0.112. The van der Waals surface area contributed by atoms with E-state index in [2.05, 4.69) is 19.7 Å². The first-order valence-electron chi connectivity index (χ1n) is 7.79. The molecule has 0 N–H and O–H groups in total. The van der Waals surface area contributed by atoms with E-state index in [1.54, 1.807) is 23.9 Å². The highest BCUT2D eigenvalue weighted by Crippen LogP contribution is 2.37. The van der Waals surface area contributed by atoms with Crippen LogP contribution in [0.3, 0.4) is 0 Å². The summed E-state index contributed by atoms with van der Waals surface area (Å²) in [4.78, 5) is 17.0. The fraction of sp³-hybridized carbons (Fsp3) is 0.375. The lowest BCUT2D eigenvalue weighted by Crippen LogP contribution is -2.06. The number of carbonyl (C=O) groups excluding carboxylic acids is 1. The van der Waals surface area contributed by atoms with Gasteiger partial charge in [-0.2, -0.15) is 0 Å². The molecule has 3 heterocycles. The van der Waals surface area contributed by atoms with Crippen LogP contribution in [0.15, 0.2) is 29.1 Å². The number of aryl methyl sites for hydroxylation is 1. The van der Waals surface area contributed by atoms with Crippen LogP contribution < -0.4 is 0 Å². The predicted molar refractivity (Wildman–Crippen MR) is 94.3 cm³/mol.